The second-order valence-corrected chi connectivity index (χ2v) is 6.97. The summed E-state index contributed by atoms with van der Waals surface area (Å²) in [5.41, 5.74) is 3.43. The molecule has 1 fully saturated rings. The summed E-state index contributed by atoms with van der Waals surface area (Å²) in [7, 11) is 0. The van der Waals surface area contributed by atoms with Crippen LogP contribution in [0, 0.1) is 0 Å². The largest absolute Gasteiger partial charge is 0.494 e. The van der Waals surface area contributed by atoms with Crippen LogP contribution in [0.15, 0.2) is 42.5 Å². The van der Waals surface area contributed by atoms with Gasteiger partial charge in [0.2, 0.25) is 0 Å². The number of halogens is 1. The lowest BCUT2D eigenvalue weighted by Gasteiger charge is -2.29. The molecule has 0 atom stereocenters. The van der Waals surface area contributed by atoms with Gasteiger partial charge in [-0.1, -0.05) is 30.7 Å². The number of rotatable bonds is 7. The number of benzene rings is 2. The Morgan fingerprint density at radius 3 is 2.48 bits per heavy atom. The molecule has 0 radical (unpaired) electrons. The van der Waals surface area contributed by atoms with E-state index in [1.807, 2.05) is 18.2 Å². The van der Waals surface area contributed by atoms with Gasteiger partial charge in [-0.05, 0) is 61.6 Å². The zero-order valence-electron chi connectivity index (χ0n) is 14.9. The Morgan fingerprint density at radius 2 is 1.80 bits per heavy atom. The zero-order chi connectivity index (χ0) is 17.5. The minimum absolute atomic E-state index is 0.763. The van der Waals surface area contributed by atoms with Crippen molar-refractivity contribution in [1.29, 1.82) is 0 Å². The summed E-state index contributed by atoms with van der Waals surface area (Å²) in [6.45, 7) is 5.87. The minimum atomic E-state index is 0.763. The lowest BCUT2D eigenvalue weighted by Crippen LogP contribution is -2.29. The Bertz CT molecular complexity index is 666. The summed E-state index contributed by atoms with van der Waals surface area (Å²) < 4.78 is 5.62. The van der Waals surface area contributed by atoms with Crippen LogP contribution in [0.5, 0.6) is 5.75 Å². The van der Waals surface area contributed by atoms with Crippen LogP contribution in [0.3, 0.4) is 0 Å². The van der Waals surface area contributed by atoms with Crippen LogP contribution in [0.4, 0.5) is 11.4 Å². The Hall–Kier alpha value is -1.87. The number of ether oxygens (including phenoxy) is 1. The predicted molar refractivity (Wildman–Crippen MR) is 107 cm³/mol. The molecular formula is C21H27ClN2O. The highest BCUT2D eigenvalue weighted by Gasteiger charge is 2.13. The predicted octanol–water partition coefficient (Wildman–Crippen LogP) is 5.73. The van der Waals surface area contributed by atoms with E-state index in [-0.39, 0.29) is 0 Å². The van der Waals surface area contributed by atoms with Crippen molar-refractivity contribution in [3.05, 3.63) is 53.1 Å². The summed E-state index contributed by atoms with van der Waals surface area (Å²) in [6, 6.07) is 14.5. The molecule has 0 aliphatic carbocycles. The third kappa shape index (κ3) is 5.05. The van der Waals surface area contributed by atoms with Crippen molar-refractivity contribution in [2.24, 2.45) is 0 Å². The van der Waals surface area contributed by atoms with E-state index in [9.17, 15) is 0 Å². The fraction of sp³-hybridized carbons (Fsp3) is 0.429. The van der Waals surface area contributed by atoms with E-state index in [0.717, 1.165) is 54.8 Å². The molecule has 1 N–H and O–H groups in total. The third-order valence-electron chi connectivity index (χ3n) is 4.54. The molecule has 2 aromatic carbocycles. The van der Waals surface area contributed by atoms with Gasteiger partial charge in [-0.25, -0.2) is 0 Å². The Labute approximate surface area is 155 Å². The highest BCUT2D eigenvalue weighted by atomic mass is 35.5. The van der Waals surface area contributed by atoms with Gasteiger partial charge in [-0.15, -0.1) is 0 Å². The molecule has 25 heavy (non-hydrogen) atoms. The molecule has 0 unspecified atom stereocenters. The van der Waals surface area contributed by atoms with Crippen LogP contribution in [0.1, 0.15) is 38.2 Å². The van der Waals surface area contributed by atoms with Crippen molar-refractivity contribution >= 4 is 23.0 Å². The summed E-state index contributed by atoms with van der Waals surface area (Å²) in [5, 5.41) is 4.28. The molecular weight excluding hydrogens is 332 g/mol. The van der Waals surface area contributed by atoms with Crippen molar-refractivity contribution in [2.45, 2.75) is 39.2 Å². The van der Waals surface area contributed by atoms with E-state index < -0.39 is 0 Å². The van der Waals surface area contributed by atoms with Gasteiger partial charge in [0, 0.05) is 25.3 Å². The molecule has 134 valence electrons. The van der Waals surface area contributed by atoms with Crippen LogP contribution in [0.25, 0.3) is 0 Å². The highest BCUT2D eigenvalue weighted by molar-refractivity contribution is 6.33. The SMILES string of the molecule is CCCOc1ccc(CNc2ccc(N3CCCCC3)c(Cl)c2)cc1. The zero-order valence-corrected chi connectivity index (χ0v) is 15.7. The minimum Gasteiger partial charge on any atom is -0.494 e. The van der Waals surface area contributed by atoms with Crippen LogP contribution in [-0.4, -0.2) is 19.7 Å². The second kappa shape index (κ2) is 9.00. The molecule has 0 spiro atoms. The van der Waals surface area contributed by atoms with Gasteiger partial charge in [-0.3, -0.25) is 0 Å². The first kappa shape index (κ1) is 17.9. The molecule has 2 aromatic rings. The number of anilines is 2. The first-order valence-corrected chi connectivity index (χ1v) is 9.64. The molecule has 4 heteroatoms. The molecule has 0 aromatic heterocycles. The molecule has 3 nitrogen and oxygen atoms in total. The van der Waals surface area contributed by atoms with Gasteiger partial charge in [0.15, 0.2) is 0 Å². The van der Waals surface area contributed by atoms with E-state index in [0.29, 0.717) is 0 Å². The van der Waals surface area contributed by atoms with Crippen LogP contribution >= 0.6 is 11.6 Å². The maximum atomic E-state index is 6.52. The molecule has 3 rings (SSSR count). The first-order valence-electron chi connectivity index (χ1n) is 9.26. The average Bonchev–Trinajstić information content (AvgIpc) is 2.66. The lowest BCUT2D eigenvalue weighted by molar-refractivity contribution is 0.317. The van der Waals surface area contributed by atoms with Gasteiger partial charge in [0.1, 0.15) is 5.75 Å². The van der Waals surface area contributed by atoms with Gasteiger partial charge < -0.3 is 15.0 Å². The van der Waals surface area contributed by atoms with E-state index in [1.165, 1.54) is 24.8 Å². The first-order chi connectivity index (χ1) is 12.3. The van der Waals surface area contributed by atoms with Gasteiger partial charge in [0.05, 0.1) is 17.3 Å². The molecule has 1 heterocycles. The van der Waals surface area contributed by atoms with Crippen molar-refractivity contribution < 1.29 is 4.74 Å². The maximum absolute atomic E-state index is 6.52. The molecule has 1 aliphatic rings. The Morgan fingerprint density at radius 1 is 1.04 bits per heavy atom. The Balaban J connectivity index is 1.56. The number of nitrogens with zero attached hydrogens (tertiary/aromatic N) is 1. The van der Waals surface area contributed by atoms with Crippen LogP contribution < -0.4 is 15.0 Å². The molecule has 1 aliphatic heterocycles. The molecule has 0 saturated carbocycles. The Kier molecular flexibility index (Phi) is 6.46. The van der Waals surface area contributed by atoms with Crippen molar-refractivity contribution in [3.63, 3.8) is 0 Å². The third-order valence-corrected chi connectivity index (χ3v) is 4.84. The number of hydrogen-bond donors (Lipinski definition) is 1. The number of nitrogens with one attached hydrogen (secondary N) is 1. The summed E-state index contributed by atoms with van der Waals surface area (Å²) in [5.74, 6) is 0.930. The molecule has 0 bridgehead atoms. The number of piperidine rings is 1. The number of hydrogen-bond acceptors (Lipinski definition) is 3. The topological polar surface area (TPSA) is 24.5 Å². The van der Waals surface area contributed by atoms with Gasteiger partial charge in [0.25, 0.3) is 0 Å². The normalized spacial score (nSPS) is 14.4. The van der Waals surface area contributed by atoms with E-state index in [2.05, 4.69) is 41.4 Å². The van der Waals surface area contributed by atoms with Crippen LogP contribution in [-0.2, 0) is 6.54 Å². The smallest absolute Gasteiger partial charge is 0.119 e. The quantitative estimate of drug-likeness (QED) is 0.683. The summed E-state index contributed by atoms with van der Waals surface area (Å²) in [6.07, 6.45) is 4.87. The standard InChI is InChI=1S/C21H27ClN2O/c1-2-14-25-19-9-6-17(7-10-19)16-23-18-8-11-21(20(22)15-18)24-12-4-3-5-13-24/h6-11,15,23H,2-5,12-14,16H2,1H3. The molecule has 1 saturated heterocycles. The van der Waals surface area contributed by atoms with E-state index in [4.69, 9.17) is 16.3 Å². The monoisotopic (exact) mass is 358 g/mol. The fourth-order valence-electron chi connectivity index (χ4n) is 3.14. The van der Waals surface area contributed by atoms with Crippen LogP contribution in [0.2, 0.25) is 5.02 Å². The summed E-state index contributed by atoms with van der Waals surface area (Å²) in [4.78, 5) is 2.39. The molecule has 0 amide bonds. The highest BCUT2D eigenvalue weighted by Crippen LogP contribution is 2.31. The second-order valence-electron chi connectivity index (χ2n) is 6.56. The van der Waals surface area contributed by atoms with Gasteiger partial charge in [-0.2, -0.15) is 0 Å². The maximum Gasteiger partial charge on any atom is 0.119 e. The fourth-order valence-corrected chi connectivity index (χ4v) is 3.44. The van der Waals surface area contributed by atoms with Gasteiger partial charge >= 0.3 is 0 Å². The summed E-state index contributed by atoms with van der Waals surface area (Å²) >= 11 is 6.52. The van der Waals surface area contributed by atoms with Crippen molar-refractivity contribution in [3.8, 4) is 5.75 Å². The van der Waals surface area contributed by atoms with Crippen molar-refractivity contribution in [2.75, 3.05) is 29.9 Å². The van der Waals surface area contributed by atoms with E-state index >= 15 is 0 Å². The van der Waals surface area contributed by atoms with E-state index in [1.54, 1.807) is 0 Å². The average molecular weight is 359 g/mol. The lowest BCUT2D eigenvalue weighted by atomic mass is 10.1. The van der Waals surface area contributed by atoms with Crippen molar-refractivity contribution in [1.82, 2.24) is 0 Å².